The number of nitrogens with zero attached hydrogens (tertiary/aromatic N) is 8. The highest BCUT2D eigenvalue weighted by atomic mass is 31.3. The van der Waals surface area contributed by atoms with Gasteiger partial charge in [0.25, 0.3) is 11.1 Å². The molecular formula is C44H88N10O47P12. The molecule has 0 amide bonds. The van der Waals surface area contributed by atoms with Gasteiger partial charge in [0, 0.05) is 59.8 Å². The number of H-pyrrole nitrogens is 2. The Kier molecular flexibility index (Phi) is 44.9. The molecule has 113 heavy (non-hydrogen) atoms. The van der Waals surface area contributed by atoms with E-state index in [0.29, 0.717) is 56.7 Å². The molecule has 2 aliphatic rings. The Morgan fingerprint density at radius 2 is 0.655 bits per heavy atom. The fraction of sp³-hybridized carbons (Fsp3) is 0.818. The summed E-state index contributed by atoms with van der Waals surface area (Å²) in [5, 5.41) is 47.6. The second kappa shape index (κ2) is 47.6. The normalized spacial score (nSPS) is 24.4. The second-order valence-corrected chi connectivity index (χ2v) is 43.1. The van der Waals surface area contributed by atoms with Gasteiger partial charge in [-0.05, 0) is 50.6 Å². The zero-order chi connectivity index (χ0) is 86.5. The van der Waals surface area contributed by atoms with Crippen LogP contribution in [0.4, 0.5) is 0 Å². The third-order valence-corrected chi connectivity index (χ3v) is 31.7. The van der Waals surface area contributed by atoms with Gasteiger partial charge in [-0.15, -0.1) is 0 Å². The van der Waals surface area contributed by atoms with Crippen LogP contribution in [0.25, 0.3) is 20.9 Å². The summed E-state index contributed by atoms with van der Waals surface area (Å²) in [6.45, 7) is 2.10. The third kappa shape index (κ3) is 45.1. The maximum absolute atomic E-state index is 12.3. The molecule has 0 radical (unpaired) electrons. The Bertz CT molecular complexity index is 4390. The van der Waals surface area contributed by atoms with Gasteiger partial charge in [0.2, 0.25) is 0 Å². The van der Waals surface area contributed by atoms with Gasteiger partial charge in [-0.25, -0.2) is 63.9 Å². The summed E-state index contributed by atoms with van der Waals surface area (Å²) in [5.41, 5.74) is 13.0. The maximum atomic E-state index is 12.3. The number of phosphoric ester groups is 4. The molecule has 656 valence electrons. The Hall–Kier alpha value is -2.50. The molecule has 0 saturated carbocycles. The molecular weight excluding hydrogens is 1790 g/mol. The largest absolute Gasteiger partial charge is 0.490 e. The van der Waals surface area contributed by atoms with Crippen LogP contribution in [0.3, 0.4) is 0 Å². The van der Waals surface area contributed by atoms with E-state index in [1.807, 2.05) is 9.97 Å². The van der Waals surface area contributed by atoms with Gasteiger partial charge in [-0.3, -0.25) is 55.9 Å². The highest BCUT2D eigenvalue weighted by molar-refractivity contribution is 7.73. The van der Waals surface area contributed by atoms with Crippen LogP contribution >= 0.6 is 93.4 Å². The summed E-state index contributed by atoms with van der Waals surface area (Å²) in [4.78, 5) is 168. The van der Waals surface area contributed by atoms with Crippen molar-refractivity contribution in [2.24, 2.45) is 10.2 Å². The molecule has 2 aromatic heterocycles. The van der Waals surface area contributed by atoms with Crippen LogP contribution in [0.5, 0.6) is 0 Å². The van der Waals surface area contributed by atoms with Crippen molar-refractivity contribution < 1.29 is 200 Å². The average Bonchev–Trinajstić information content (AvgIpc) is 1.79. The summed E-state index contributed by atoms with van der Waals surface area (Å²) >= 11 is 0. The molecule has 2 saturated heterocycles. The number of azide groups is 2. The van der Waals surface area contributed by atoms with E-state index < -0.39 is 185 Å². The molecule has 2 aromatic rings. The topological polar surface area (TPSA) is 874 Å². The zero-order valence-electron chi connectivity index (χ0n) is 59.5. The zero-order valence-corrected chi connectivity index (χ0v) is 70.2. The quantitative estimate of drug-likeness (QED) is 0.0112. The number of ether oxygens (including phenoxy) is 2. The summed E-state index contributed by atoms with van der Waals surface area (Å²) < 4.78 is 205. The molecule has 0 aliphatic carbocycles. The van der Waals surface area contributed by atoms with Gasteiger partial charge in [0.05, 0.1) is 26.4 Å². The van der Waals surface area contributed by atoms with E-state index in [4.69, 9.17) is 40.1 Å². The lowest BCUT2D eigenvalue weighted by atomic mass is 10.1. The van der Waals surface area contributed by atoms with E-state index >= 15 is 0 Å². The number of unbranched alkanes of at least 4 members (excludes halogenated alkanes) is 16. The number of aromatic nitrogens is 4. The van der Waals surface area contributed by atoms with Crippen molar-refractivity contribution in [3.05, 3.63) is 86.1 Å². The molecule has 0 bridgehead atoms. The fourth-order valence-corrected chi connectivity index (χ4v) is 24.6. The number of hydrogen-bond donors (Lipinski definition) is 18. The Labute approximate surface area is 638 Å². The van der Waals surface area contributed by atoms with E-state index in [2.05, 4.69) is 76.9 Å². The van der Waals surface area contributed by atoms with Gasteiger partial charge in [-0.2, -0.15) is 30.2 Å². The first-order chi connectivity index (χ1) is 51.7. The molecule has 2 aliphatic heterocycles. The molecule has 69 heteroatoms. The Morgan fingerprint density at radius 3 is 0.947 bits per heavy atom. The summed E-state index contributed by atoms with van der Waals surface area (Å²) in [7, 11) is -66.7. The van der Waals surface area contributed by atoms with Crippen molar-refractivity contribution >= 4 is 93.4 Å². The molecule has 0 spiro atoms. The van der Waals surface area contributed by atoms with Crippen LogP contribution in [0.2, 0.25) is 0 Å². The maximum Gasteiger partial charge on any atom is 0.490 e. The predicted molar refractivity (Wildman–Crippen MR) is 378 cm³/mol. The molecule has 0 aromatic carbocycles. The lowest BCUT2D eigenvalue weighted by Crippen LogP contribution is -2.38. The van der Waals surface area contributed by atoms with Crippen LogP contribution < -0.4 is 22.5 Å². The second-order valence-electron chi connectivity index (χ2n) is 23.6. The first-order valence-electron chi connectivity index (χ1n) is 32.3. The molecule has 4 rings (SSSR count). The number of nitrogens with one attached hydrogen (secondary N) is 2. The van der Waals surface area contributed by atoms with Crippen LogP contribution in [-0.4, -0.2) is 188 Å². The minimum atomic E-state index is -6.50. The van der Waals surface area contributed by atoms with E-state index in [1.165, 1.54) is 13.8 Å². The number of aryl methyl sites for hydroxylation is 2. The molecule has 19 atom stereocenters. The smallest absolute Gasteiger partial charge is 0.387 e. The minimum Gasteiger partial charge on any atom is -0.387 e. The standard InChI is InChI=1S/C21H41N5O24P6.C12H21N2O13P3.C11H26N3O10P3/c1-15-13-26(21(30)24-19(15)29)20-18(28)17(27)16(45-20)14-44-52(33,34)47-54(37,38)49-56(41,42)50-55(39,40)48-53(35,36)46-51(31,32)43-12-10-8-6-4-2-3-5-7-9-11-23-25-22;1-6-4-14(12(18)13-10(6)17)11-9(16)8(15)7(25-11)5-24-30(22,23)27-29(3,21)26-28(2,19)20;12-14-13-10-8-6-4-2-1-3-5-7-9-11-22-26(18,19)24-27(20,21)23-25(15,16)17/h13,16-18,20,27-28H,2-12,14H2,1H3,(H,31,32)(H,33,34)(H,35,36)(H,37,38)(H,39,40)(H,41,42)(H,24,29,30);4,7-9,11,15-16H,5H2,1-3H3,(H,19,20)(H,22,23)(H,13,17,18);1-11H2,(H,18,19)(H,20,21)(H2,15,16,17)/t16-,17+,18?,20-;7-,8+,9?,11-,29?;/m11./s1. The van der Waals surface area contributed by atoms with Gasteiger partial charge in [0.1, 0.15) is 36.6 Å². The summed E-state index contributed by atoms with van der Waals surface area (Å²) in [5.74, 6) is 0. The molecule has 18 N–H and O–H groups in total. The van der Waals surface area contributed by atoms with Crippen LogP contribution in [-0.2, 0) is 121 Å². The van der Waals surface area contributed by atoms with E-state index in [9.17, 15) is 134 Å². The summed E-state index contributed by atoms with van der Waals surface area (Å²) in [6, 6.07) is 0. The Balaban J connectivity index is 0.000000637. The first kappa shape index (κ1) is 107. The van der Waals surface area contributed by atoms with Crippen molar-refractivity contribution in [1.82, 2.24) is 19.1 Å². The van der Waals surface area contributed by atoms with Crippen molar-refractivity contribution in [1.29, 1.82) is 0 Å². The van der Waals surface area contributed by atoms with Crippen LogP contribution in [0.15, 0.2) is 41.8 Å². The van der Waals surface area contributed by atoms with Gasteiger partial charge in [0.15, 0.2) is 12.5 Å². The third-order valence-electron chi connectivity index (χ3n) is 13.8. The van der Waals surface area contributed by atoms with Crippen molar-refractivity contribution in [2.45, 2.75) is 179 Å². The molecule has 13 unspecified atom stereocenters. The van der Waals surface area contributed by atoms with E-state index in [-0.39, 0.29) is 24.2 Å². The van der Waals surface area contributed by atoms with Gasteiger partial charge >= 0.3 is 105 Å². The highest BCUT2D eigenvalue weighted by Gasteiger charge is 2.52. The lowest BCUT2D eigenvalue weighted by molar-refractivity contribution is -0.0543. The molecule has 2 fully saturated rings. The molecule has 4 heterocycles. The van der Waals surface area contributed by atoms with E-state index in [1.54, 1.807) is 0 Å². The summed E-state index contributed by atoms with van der Waals surface area (Å²) in [6.07, 6.45) is 3.06. The number of aliphatic hydroxyl groups is 4. The molecule has 57 nitrogen and oxygen atoms in total. The van der Waals surface area contributed by atoms with Gasteiger partial charge < -0.3 is 88.6 Å². The first-order valence-corrected chi connectivity index (χ1v) is 51.3. The number of aliphatic hydroxyl groups excluding tert-OH is 4. The fourth-order valence-electron chi connectivity index (χ4n) is 9.14. The van der Waals surface area contributed by atoms with E-state index in [0.717, 1.165) is 100 Å². The number of hydrogen-bond acceptors (Lipinski definition) is 37. The monoisotopic (exact) mass is 1880 g/mol. The lowest BCUT2D eigenvalue weighted by Gasteiger charge is -2.21. The van der Waals surface area contributed by atoms with Crippen molar-refractivity contribution in [3.8, 4) is 0 Å². The number of phosphoric acid groups is 10. The van der Waals surface area contributed by atoms with Crippen LogP contribution in [0, 0.1) is 13.8 Å². The van der Waals surface area contributed by atoms with Crippen LogP contribution in [0.1, 0.15) is 139 Å². The van der Waals surface area contributed by atoms with Crippen molar-refractivity contribution in [3.63, 3.8) is 0 Å². The average molecular weight is 1880 g/mol. The number of aromatic amines is 2. The van der Waals surface area contributed by atoms with Gasteiger partial charge in [-0.1, -0.05) is 100 Å². The highest BCUT2D eigenvalue weighted by Crippen LogP contribution is 2.76. The van der Waals surface area contributed by atoms with Crippen molar-refractivity contribution in [2.75, 3.05) is 52.8 Å². The minimum absolute atomic E-state index is 0.0244. The Morgan fingerprint density at radius 1 is 0.389 bits per heavy atom. The number of rotatable bonds is 52. The predicted octanol–water partition coefficient (Wildman–Crippen LogP) is 6.41. The SMILES string of the molecule is Cc1cn([C@@H]2O[C@H](COP(=O)(O)OP(=O)(O)OP(=O)(O)OP(=O)(O)OP(=O)(O)OP(=O)(O)OCCCCCCCCCCCN=[N+]=[N-])[C@H](O)C2O)c(=O)[nH]c1=O.Cc1cn([C@@H]2O[C@H](COP(=O)(O)OP(C)(=O)OP(C)(=O)O)[C@H](O)C2O)c(=O)[nH]c1=O.[N-]=[N+]=NCCCCCCCCCCCOP(=O)(O)OP(=O)(O)OP(=O)(O)O.